The van der Waals surface area contributed by atoms with Gasteiger partial charge in [0.2, 0.25) is 0 Å². The second kappa shape index (κ2) is 8.62. The average Bonchev–Trinajstić information content (AvgIpc) is 1.66. The van der Waals surface area contributed by atoms with Crippen LogP contribution in [0.1, 0.15) is 6.92 Å². The Labute approximate surface area is 82.7 Å². The number of carbonyl (C=O) groups is 1. The van der Waals surface area contributed by atoms with E-state index in [-0.39, 0.29) is 41.6 Å². The van der Waals surface area contributed by atoms with Crippen LogP contribution < -0.4 is 0 Å². The fourth-order valence-corrected chi connectivity index (χ4v) is 0.269. The number of ether oxygens (including phenoxy) is 2. The third-order valence-corrected chi connectivity index (χ3v) is 0.593. The van der Waals surface area contributed by atoms with Gasteiger partial charge in [0.1, 0.15) is 6.61 Å². The van der Waals surface area contributed by atoms with Gasteiger partial charge < -0.3 is 9.47 Å². The van der Waals surface area contributed by atoms with Crippen molar-refractivity contribution in [2.75, 3.05) is 20.3 Å². The van der Waals surface area contributed by atoms with Crippen LogP contribution in [0.4, 0.5) is 0 Å². The summed E-state index contributed by atoms with van der Waals surface area (Å²) < 4.78 is 9.13. The molecule has 0 spiro atoms. The minimum atomic E-state index is -0.262. The molecule has 4 heteroatoms. The van der Waals surface area contributed by atoms with Gasteiger partial charge in [-0.25, -0.2) is 0 Å². The Bertz CT molecular complexity index is 74.6. The molecule has 0 bridgehead atoms. The first-order valence-corrected chi connectivity index (χ1v) is 2.39. The Morgan fingerprint density at radius 2 is 2.00 bits per heavy atom. The zero-order valence-electron chi connectivity index (χ0n) is 5.72. The van der Waals surface area contributed by atoms with Crippen LogP contribution >= 0.6 is 0 Å². The van der Waals surface area contributed by atoms with Gasteiger partial charge in [0.05, 0.1) is 6.61 Å². The molecule has 0 fully saturated rings. The van der Waals surface area contributed by atoms with Crippen LogP contribution in [0.3, 0.4) is 0 Å². The van der Waals surface area contributed by atoms with Crippen molar-refractivity contribution in [2.24, 2.45) is 0 Å². The van der Waals surface area contributed by atoms with Crippen molar-refractivity contribution in [2.45, 2.75) is 6.92 Å². The summed E-state index contributed by atoms with van der Waals surface area (Å²) in [4.78, 5) is 10.0. The second-order valence-corrected chi connectivity index (χ2v) is 1.33. The van der Waals surface area contributed by atoms with E-state index in [1.807, 2.05) is 0 Å². The van der Waals surface area contributed by atoms with E-state index in [2.05, 4.69) is 9.47 Å². The molecule has 0 saturated heterocycles. The molecule has 0 heterocycles. The summed E-state index contributed by atoms with van der Waals surface area (Å²) in [5, 5.41) is 0. The van der Waals surface area contributed by atoms with Gasteiger partial charge in [-0.15, -0.1) is 0 Å². The maximum atomic E-state index is 10.0. The molecule has 0 aromatic heterocycles. The molecule has 0 saturated carbocycles. The molecule has 0 amide bonds. The SMILES string of the molecule is COCCOC(C)=O.[La]. The van der Waals surface area contributed by atoms with Gasteiger partial charge in [0.15, 0.2) is 0 Å². The Morgan fingerprint density at radius 3 is 2.33 bits per heavy atom. The molecule has 0 aromatic carbocycles. The normalized spacial score (nSPS) is 7.78. The molecular formula is C5H10LaO3. The third-order valence-electron chi connectivity index (χ3n) is 0.593. The average molecular weight is 257 g/mol. The minimum absolute atomic E-state index is 0. The topological polar surface area (TPSA) is 35.5 Å². The fraction of sp³-hybridized carbons (Fsp3) is 0.800. The number of hydrogen-bond donors (Lipinski definition) is 0. The number of hydrogen-bond acceptors (Lipinski definition) is 3. The quantitative estimate of drug-likeness (QED) is 0.535. The van der Waals surface area contributed by atoms with E-state index < -0.39 is 0 Å². The molecule has 9 heavy (non-hydrogen) atoms. The standard InChI is InChI=1S/C5H10O3.La/c1-5(6)8-4-3-7-2;/h3-4H2,1-2H3;. The van der Waals surface area contributed by atoms with Crippen LogP contribution in [0, 0.1) is 35.6 Å². The Kier molecular flexibility index (Phi) is 11.8. The summed E-state index contributed by atoms with van der Waals surface area (Å²) in [6, 6.07) is 0. The van der Waals surface area contributed by atoms with Crippen LogP contribution in [0.5, 0.6) is 0 Å². The van der Waals surface area contributed by atoms with Gasteiger partial charge in [-0.1, -0.05) is 0 Å². The van der Waals surface area contributed by atoms with E-state index in [0.717, 1.165) is 0 Å². The van der Waals surface area contributed by atoms with Gasteiger partial charge in [-0.2, -0.15) is 0 Å². The summed E-state index contributed by atoms with van der Waals surface area (Å²) >= 11 is 0. The Hall–Kier alpha value is 0.625. The van der Waals surface area contributed by atoms with Gasteiger partial charge in [-0.3, -0.25) is 4.79 Å². The molecule has 0 atom stereocenters. The molecule has 3 nitrogen and oxygen atoms in total. The van der Waals surface area contributed by atoms with Crippen LogP contribution in [-0.2, 0) is 14.3 Å². The summed E-state index contributed by atoms with van der Waals surface area (Å²) in [5.74, 6) is -0.262. The molecule has 1 radical (unpaired) electrons. The number of methoxy groups -OCH3 is 1. The van der Waals surface area contributed by atoms with Crippen LogP contribution in [-0.4, -0.2) is 26.3 Å². The molecule has 51 valence electrons. The summed E-state index contributed by atoms with van der Waals surface area (Å²) in [6.45, 7) is 2.20. The zero-order valence-corrected chi connectivity index (χ0v) is 9.34. The van der Waals surface area contributed by atoms with Gasteiger partial charge in [0.25, 0.3) is 0 Å². The molecule has 0 aromatic rings. The third kappa shape index (κ3) is 12.0. The first-order valence-electron chi connectivity index (χ1n) is 2.39. The monoisotopic (exact) mass is 257 g/mol. The predicted octanol–water partition coefficient (Wildman–Crippen LogP) is 0.196. The fourth-order valence-electron chi connectivity index (χ4n) is 0.269. The summed E-state index contributed by atoms with van der Waals surface area (Å²) in [5.41, 5.74) is 0. The summed E-state index contributed by atoms with van der Waals surface area (Å²) in [6.07, 6.45) is 0. The van der Waals surface area contributed by atoms with Crippen LogP contribution in [0.15, 0.2) is 0 Å². The van der Waals surface area contributed by atoms with E-state index in [4.69, 9.17) is 0 Å². The van der Waals surface area contributed by atoms with Crippen LogP contribution in [0.25, 0.3) is 0 Å². The maximum absolute atomic E-state index is 10.0. The largest absolute Gasteiger partial charge is 0.463 e. The Balaban J connectivity index is 0. The van der Waals surface area contributed by atoms with E-state index in [9.17, 15) is 4.79 Å². The maximum Gasteiger partial charge on any atom is 0.302 e. The molecule has 0 aliphatic carbocycles. The zero-order chi connectivity index (χ0) is 6.41. The molecule has 0 aliphatic heterocycles. The molecular weight excluding hydrogens is 247 g/mol. The minimum Gasteiger partial charge on any atom is -0.463 e. The Morgan fingerprint density at radius 1 is 1.44 bits per heavy atom. The van der Waals surface area contributed by atoms with Crippen molar-refractivity contribution in [1.82, 2.24) is 0 Å². The molecule has 0 N–H and O–H groups in total. The van der Waals surface area contributed by atoms with E-state index in [0.29, 0.717) is 13.2 Å². The number of rotatable bonds is 3. The summed E-state index contributed by atoms with van der Waals surface area (Å²) in [7, 11) is 1.56. The van der Waals surface area contributed by atoms with Crippen molar-refractivity contribution in [3.63, 3.8) is 0 Å². The van der Waals surface area contributed by atoms with E-state index >= 15 is 0 Å². The van der Waals surface area contributed by atoms with Gasteiger partial charge in [-0.05, 0) is 0 Å². The van der Waals surface area contributed by atoms with Gasteiger partial charge in [0, 0.05) is 49.6 Å². The van der Waals surface area contributed by atoms with Crippen molar-refractivity contribution in [1.29, 1.82) is 0 Å². The molecule has 0 rings (SSSR count). The second-order valence-electron chi connectivity index (χ2n) is 1.33. The van der Waals surface area contributed by atoms with Crippen molar-refractivity contribution in [3.8, 4) is 0 Å². The number of carbonyl (C=O) groups excluding carboxylic acids is 1. The first kappa shape index (κ1) is 12.3. The first-order chi connectivity index (χ1) is 3.77. The van der Waals surface area contributed by atoms with Crippen molar-refractivity contribution >= 4 is 5.97 Å². The van der Waals surface area contributed by atoms with Crippen molar-refractivity contribution in [3.05, 3.63) is 0 Å². The smallest absolute Gasteiger partial charge is 0.302 e. The van der Waals surface area contributed by atoms with Gasteiger partial charge >= 0.3 is 5.97 Å². The van der Waals surface area contributed by atoms with E-state index in [1.165, 1.54) is 6.92 Å². The van der Waals surface area contributed by atoms with Crippen LogP contribution in [0.2, 0.25) is 0 Å². The molecule has 0 unspecified atom stereocenters. The number of esters is 1. The van der Waals surface area contributed by atoms with Crippen molar-refractivity contribution < 1.29 is 49.9 Å². The predicted molar refractivity (Wildman–Crippen MR) is 28.5 cm³/mol. The molecule has 0 aliphatic rings. The van der Waals surface area contributed by atoms with E-state index in [1.54, 1.807) is 7.11 Å².